The summed E-state index contributed by atoms with van der Waals surface area (Å²) in [6.07, 6.45) is 13.3. The molecule has 2 aliphatic rings. The molecule has 1 heterocycles. The maximum Gasteiger partial charge on any atom is 0.254 e. The van der Waals surface area contributed by atoms with Gasteiger partial charge in [0.1, 0.15) is 5.03 Å². The molecule has 1 amide bonds. The molecule has 0 saturated heterocycles. The number of nitrogens with one attached hydrogen (secondary N) is 1. The van der Waals surface area contributed by atoms with Crippen LogP contribution in [0.5, 0.6) is 0 Å². The molecule has 0 bridgehead atoms. The van der Waals surface area contributed by atoms with Crippen molar-refractivity contribution in [1.82, 2.24) is 20.1 Å². The van der Waals surface area contributed by atoms with Crippen molar-refractivity contribution in [3.63, 3.8) is 0 Å². The third-order valence-corrected chi connectivity index (χ3v) is 10.3. The van der Waals surface area contributed by atoms with E-state index >= 15 is 0 Å². The van der Waals surface area contributed by atoms with E-state index in [-0.39, 0.29) is 29.1 Å². The number of hydrogen-bond acceptors (Lipinski definition) is 6. The molecule has 226 valence electrons. The number of nitrogens with two attached hydrogens (primary N) is 1. The Morgan fingerprint density at radius 1 is 0.786 bits per heavy atom. The van der Waals surface area contributed by atoms with Crippen molar-refractivity contribution in [2.45, 2.75) is 79.6 Å². The first-order valence-corrected chi connectivity index (χ1v) is 16.5. The lowest BCUT2D eigenvalue weighted by atomic mass is 9.82. The van der Waals surface area contributed by atoms with Crippen LogP contribution in [0.4, 0.5) is 0 Å². The summed E-state index contributed by atoms with van der Waals surface area (Å²) in [5.74, 6) is -0.0515. The molecule has 42 heavy (non-hydrogen) atoms. The van der Waals surface area contributed by atoms with Crippen molar-refractivity contribution in [1.29, 1.82) is 0 Å². The second-order valence-electron chi connectivity index (χ2n) is 12.2. The fraction of sp³-hybridized carbons (Fsp3) is 0.486. The lowest BCUT2D eigenvalue weighted by Crippen LogP contribution is -2.53. The molecule has 2 saturated carbocycles. The standard InChI is InChI=1S/C21H27N3OS.C14H22N2/c1-24(2)21(13-7-8-14-21)18(16-10-5-4-6-11-16)23-19(25)17-12-9-15-22-20(17)26-3;1-16(2)14(10-6-7-11-14)13(15)12-8-4-3-5-9-12/h4-6,9-12,15,18H,7-8,13-14H2,1-3H3,(H,23,25);3-5,8-9,13H,6-7,10-11,15H2,1-2H3. The Morgan fingerprint density at radius 3 is 1.79 bits per heavy atom. The number of likely N-dealkylation sites (N-methyl/N-ethyl adjacent to an activating group) is 2. The lowest BCUT2D eigenvalue weighted by molar-refractivity contribution is 0.0763. The molecule has 6 nitrogen and oxygen atoms in total. The zero-order valence-electron chi connectivity index (χ0n) is 26.1. The fourth-order valence-electron chi connectivity index (χ4n) is 7.08. The highest BCUT2D eigenvalue weighted by atomic mass is 32.2. The van der Waals surface area contributed by atoms with E-state index in [1.807, 2.05) is 42.7 Å². The van der Waals surface area contributed by atoms with Gasteiger partial charge in [-0.25, -0.2) is 4.98 Å². The zero-order chi connectivity index (χ0) is 30.2. The molecular weight excluding hydrogens is 538 g/mol. The Balaban J connectivity index is 0.000000216. The number of thioether (sulfide) groups is 1. The third kappa shape index (κ3) is 6.91. The SMILES string of the molecule is CN(C)C1(C(N)c2ccccc2)CCCC1.CSc1ncccc1C(=O)NC(c1ccccc1)C1(N(C)C)CCCC1. The molecule has 3 aromatic rings. The van der Waals surface area contributed by atoms with E-state index in [1.165, 1.54) is 55.9 Å². The first-order valence-electron chi connectivity index (χ1n) is 15.3. The molecule has 2 aromatic carbocycles. The van der Waals surface area contributed by atoms with Crippen LogP contribution in [0.1, 0.15) is 84.9 Å². The minimum absolute atomic E-state index is 0.0515. The Kier molecular flexibility index (Phi) is 11.2. The van der Waals surface area contributed by atoms with Gasteiger partial charge in [0.05, 0.1) is 11.6 Å². The van der Waals surface area contributed by atoms with Crippen molar-refractivity contribution in [3.8, 4) is 0 Å². The van der Waals surface area contributed by atoms with Crippen molar-refractivity contribution in [2.24, 2.45) is 5.73 Å². The van der Waals surface area contributed by atoms with E-state index in [0.717, 1.165) is 23.4 Å². The topological polar surface area (TPSA) is 74.5 Å². The maximum absolute atomic E-state index is 13.1. The first-order chi connectivity index (χ1) is 20.2. The second-order valence-corrected chi connectivity index (χ2v) is 13.0. The second kappa shape index (κ2) is 14.6. The number of pyridine rings is 1. The number of hydrogen-bond donors (Lipinski definition) is 2. The predicted molar refractivity (Wildman–Crippen MR) is 176 cm³/mol. The number of nitrogens with zero attached hydrogens (tertiary/aromatic N) is 3. The zero-order valence-corrected chi connectivity index (χ0v) is 26.9. The van der Waals surface area contributed by atoms with Crippen LogP contribution < -0.4 is 11.1 Å². The molecule has 7 heteroatoms. The molecule has 0 spiro atoms. The van der Waals surface area contributed by atoms with Gasteiger partial charge >= 0.3 is 0 Å². The average Bonchev–Trinajstić information content (AvgIpc) is 3.73. The predicted octanol–water partition coefficient (Wildman–Crippen LogP) is 6.71. The van der Waals surface area contributed by atoms with Crippen molar-refractivity contribution in [3.05, 3.63) is 95.7 Å². The van der Waals surface area contributed by atoms with E-state index in [1.54, 1.807) is 6.20 Å². The lowest BCUT2D eigenvalue weighted by Gasteiger charge is -2.44. The maximum atomic E-state index is 13.1. The molecule has 5 rings (SSSR count). The Morgan fingerprint density at radius 2 is 1.29 bits per heavy atom. The summed E-state index contributed by atoms with van der Waals surface area (Å²) in [6.45, 7) is 0. The highest BCUT2D eigenvalue weighted by molar-refractivity contribution is 7.98. The minimum Gasteiger partial charge on any atom is -0.343 e. The van der Waals surface area contributed by atoms with Gasteiger partial charge < -0.3 is 20.9 Å². The van der Waals surface area contributed by atoms with Crippen LogP contribution in [-0.4, -0.2) is 66.2 Å². The van der Waals surface area contributed by atoms with Gasteiger partial charge in [-0.1, -0.05) is 86.3 Å². The highest BCUT2D eigenvalue weighted by Gasteiger charge is 2.45. The Bertz CT molecular complexity index is 1250. The summed E-state index contributed by atoms with van der Waals surface area (Å²) >= 11 is 1.50. The van der Waals surface area contributed by atoms with Gasteiger partial charge in [-0.2, -0.15) is 0 Å². The van der Waals surface area contributed by atoms with Gasteiger partial charge in [-0.3, -0.25) is 4.79 Å². The van der Waals surface area contributed by atoms with E-state index in [4.69, 9.17) is 5.73 Å². The number of aromatic nitrogens is 1. The van der Waals surface area contributed by atoms with Gasteiger partial charge in [0.2, 0.25) is 0 Å². The molecule has 3 N–H and O–H groups in total. The smallest absolute Gasteiger partial charge is 0.254 e. The van der Waals surface area contributed by atoms with E-state index < -0.39 is 0 Å². The van der Waals surface area contributed by atoms with Crippen molar-refractivity contribution >= 4 is 17.7 Å². The largest absolute Gasteiger partial charge is 0.343 e. The van der Waals surface area contributed by atoms with Crippen LogP contribution in [0.3, 0.4) is 0 Å². The summed E-state index contributed by atoms with van der Waals surface area (Å²) in [6, 6.07) is 24.6. The molecule has 2 atom stereocenters. The fourth-order valence-corrected chi connectivity index (χ4v) is 7.63. The summed E-state index contributed by atoms with van der Waals surface area (Å²) in [5, 5.41) is 4.12. The highest BCUT2D eigenvalue weighted by Crippen LogP contribution is 2.44. The van der Waals surface area contributed by atoms with Crippen LogP contribution in [0.15, 0.2) is 84.0 Å². The number of benzene rings is 2. The average molecular weight is 588 g/mol. The summed E-state index contributed by atoms with van der Waals surface area (Å²) in [5.41, 5.74) is 9.67. The van der Waals surface area contributed by atoms with Crippen LogP contribution in [0, 0.1) is 0 Å². The summed E-state index contributed by atoms with van der Waals surface area (Å²) in [4.78, 5) is 22.1. The normalized spacial score (nSPS) is 18.8. The van der Waals surface area contributed by atoms with Crippen LogP contribution >= 0.6 is 11.8 Å². The van der Waals surface area contributed by atoms with E-state index in [0.29, 0.717) is 5.56 Å². The molecule has 2 unspecified atom stereocenters. The quantitative estimate of drug-likeness (QED) is 0.271. The Hall–Kier alpha value is -2.71. The Labute approximate surface area is 257 Å². The van der Waals surface area contributed by atoms with E-state index in [9.17, 15) is 4.79 Å². The van der Waals surface area contributed by atoms with Crippen LogP contribution in [0.2, 0.25) is 0 Å². The number of carbonyl (C=O) groups is 1. The molecule has 2 aliphatic carbocycles. The van der Waals surface area contributed by atoms with Gasteiger partial charge in [-0.05, 0) is 83.4 Å². The molecule has 2 fully saturated rings. The van der Waals surface area contributed by atoms with Crippen LogP contribution in [0.25, 0.3) is 0 Å². The van der Waals surface area contributed by atoms with Gasteiger partial charge in [0, 0.05) is 23.3 Å². The number of amides is 1. The minimum atomic E-state index is -0.0568. The van der Waals surface area contributed by atoms with E-state index in [2.05, 4.69) is 84.7 Å². The van der Waals surface area contributed by atoms with Gasteiger partial charge in [0.15, 0.2) is 0 Å². The monoisotopic (exact) mass is 587 g/mol. The molecule has 1 aromatic heterocycles. The molecular formula is C35H49N5OS. The summed E-state index contributed by atoms with van der Waals surface area (Å²) in [7, 11) is 8.58. The van der Waals surface area contributed by atoms with Crippen LogP contribution in [-0.2, 0) is 0 Å². The van der Waals surface area contributed by atoms with Crippen molar-refractivity contribution < 1.29 is 4.79 Å². The molecule has 0 aliphatic heterocycles. The number of carbonyl (C=O) groups excluding carboxylic acids is 1. The number of rotatable bonds is 9. The first kappa shape index (κ1) is 32.2. The van der Waals surface area contributed by atoms with Gasteiger partial charge in [-0.15, -0.1) is 11.8 Å². The van der Waals surface area contributed by atoms with Crippen molar-refractivity contribution in [2.75, 3.05) is 34.4 Å². The summed E-state index contributed by atoms with van der Waals surface area (Å²) < 4.78 is 0. The van der Waals surface area contributed by atoms with Gasteiger partial charge in [0.25, 0.3) is 5.91 Å². The molecule has 0 radical (unpaired) electrons. The third-order valence-electron chi connectivity index (χ3n) is 9.61.